The molecule has 0 radical (unpaired) electrons. The fourth-order valence-electron chi connectivity index (χ4n) is 1.84. The molecule has 70 valence electrons. The van der Waals surface area contributed by atoms with Crippen LogP contribution in [-0.4, -0.2) is 5.24 Å². The molecule has 0 saturated carbocycles. The molecule has 0 aliphatic heterocycles. The van der Waals surface area contributed by atoms with Crippen LogP contribution in [0.1, 0.15) is 34.1 Å². The van der Waals surface area contributed by atoms with Crippen LogP contribution in [0.4, 0.5) is 0 Å². The topological polar surface area (TPSA) is 17.1 Å². The van der Waals surface area contributed by atoms with E-state index in [4.69, 9.17) is 11.6 Å². The van der Waals surface area contributed by atoms with Crippen LogP contribution in [-0.2, 0) is 12.8 Å². The van der Waals surface area contributed by atoms with Crippen LogP contribution in [0, 0.1) is 5.92 Å². The van der Waals surface area contributed by atoms with E-state index in [0.717, 1.165) is 24.3 Å². The van der Waals surface area contributed by atoms with Crippen LogP contribution in [0.2, 0.25) is 0 Å². The van der Waals surface area contributed by atoms with Gasteiger partial charge in [-0.25, -0.2) is 0 Å². The normalized spacial score (nSPS) is 21.2. The SMILES string of the molecule is C[C@@H]1CCc2c(C(=O)Cl)csc2C1. The van der Waals surface area contributed by atoms with Gasteiger partial charge >= 0.3 is 0 Å². The summed E-state index contributed by atoms with van der Waals surface area (Å²) in [7, 11) is 0. The molecule has 3 heteroatoms. The van der Waals surface area contributed by atoms with E-state index in [-0.39, 0.29) is 5.24 Å². The first-order valence-electron chi connectivity index (χ1n) is 4.47. The fourth-order valence-corrected chi connectivity index (χ4v) is 3.32. The molecule has 1 aliphatic rings. The van der Waals surface area contributed by atoms with Crippen LogP contribution in [0.15, 0.2) is 5.38 Å². The first-order valence-corrected chi connectivity index (χ1v) is 5.73. The Morgan fingerprint density at radius 3 is 3.15 bits per heavy atom. The van der Waals surface area contributed by atoms with E-state index in [2.05, 4.69) is 6.92 Å². The summed E-state index contributed by atoms with van der Waals surface area (Å²) in [6.07, 6.45) is 3.32. The van der Waals surface area contributed by atoms with Crippen molar-refractivity contribution in [1.82, 2.24) is 0 Å². The Kier molecular flexibility index (Phi) is 2.43. The zero-order chi connectivity index (χ0) is 9.42. The predicted molar refractivity (Wildman–Crippen MR) is 55.7 cm³/mol. The van der Waals surface area contributed by atoms with E-state index < -0.39 is 0 Å². The molecule has 0 spiro atoms. The molecule has 1 aliphatic carbocycles. The second-order valence-electron chi connectivity index (χ2n) is 3.67. The fraction of sp³-hybridized carbons (Fsp3) is 0.500. The molecule has 0 saturated heterocycles. The Hall–Kier alpha value is -0.340. The summed E-state index contributed by atoms with van der Waals surface area (Å²) in [5.74, 6) is 0.754. The number of carbonyl (C=O) groups is 1. The average Bonchev–Trinajstić information content (AvgIpc) is 2.46. The Morgan fingerprint density at radius 2 is 2.46 bits per heavy atom. The summed E-state index contributed by atoms with van der Waals surface area (Å²) in [6.45, 7) is 2.25. The van der Waals surface area contributed by atoms with Gasteiger partial charge in [-0.3, -0.25) is 4.79 Å². The number of fused-ring (bicyclic) bond motifs is 1. The molecule has 13 heavy (non-hydrogen) atoms. The Balaban J connectivity index is 2.39. The Labute approximate surface area is 86.7 Å². The van der Waals surface area contributed by atoms with Crippen molar-refractivity contribution in [2.45, 2.75) is 26.2 Å². The van der Waals surface area contributed by atoms with Gasteiger partial charge in [0.25, 0.3) is 5.24 Å². The van der Waals surface area contributed by atoms with Crippen molar-refractivity contribution >= 4 is 28.2 Å². The minimum Gasteiger partial charge on any atom is -0.276 e. The minimum absolute atomic E-state index is 0.299. The van der Waals surface area contributed by atoms with Gasteiger partial charge in [0.1, 0.15) is 0 Å². The maximum Gasteiger partial charge on any atom is 0.253 e. The second kappa shape index (κ2) is 3.43. The van der Waals surface area contributed by atoms with Crippen LogP contribution < -0.4 is 0 Å². The van der Waals surface area contributed by atoms with Crippen LogP contribution in [0.3, 0.4) is 0 Å². The van der Waals surface area contributed by atoms with Crippen LogP contribution in [0.25, 0.3) is 0 Å². The predicted octanol–water partition coefficient (Wildman–Crippen LogP) is 3.25. The number of halogens is 1. The number of rotatable bonds is 1. The third-order valence-corrected chi connectivity index (χ3v) is 3.87. The lowest BCUT2D eigenvalue weighted by molar-refractivity contribution is 0.108. The van der Waals surface area contributed by atoms with Crippen molar-refractivity contribution in [3.8, 4) is 0 Å². The van der Waals surface area contributed by atoms with Crippen molar-refractivity contribution < 1.29 is 4.79 Å². The molecule has 1 aromatic heterocycles. The summed E-state index contributed by atoms with van der Waals surface area (Å²) in [6, 6.07) is 0. The molecule has 1 aromatic rings. The van der Waals surface area contributed by atoms with Gasteiger partial charge in [0.05, 0.1) is 0 Å². The van der Waals surface area contributed by atoms with Crippen molar-refractivity contribution in [3.63, 3.8) is 0 Å². The van der Waals surface area contributed by atoms with Gasteiger partial charge in [-0.05, 0) is 42.3 Å². The van der Waals surface area contributed by atoms with Gasteiger partial charge in [-0.1, -0.05) is 6.92 Å². The van der Waals surface area contributed by atoms with Gasteiger partial charge in [0.15, 0.2) is 0 Å². The van der Waals surface area contributed by atoms with E-state index >= 15 is 0 Å². The third-order valence-electron chi connectivity index (χ3n) is 2.61. The highest BCUT2D eigenvalue weighted by atomic mass is 35.5. The van der Waals surface area contributed by atoms with Crippen molar-refractivity contribution in [3.05, 3.63) is 21.4 Å². The maximum atomic E-state index is 11.0. The van der Waals surface area contributed by atoms with Gasteiger partial charge in [-0.15, -0.1) is 11.3 Å². The zero-order valence-electron chi connectivity index (χ0n) is 7.47. The largest absolute Gasteiger partial charge is 0.276 e. The standard InChI is InChI=1S/C10H11ClOS/c1-6-2-3-7-8(10(11)12)5-13-9(7)4-6/h5-6H,2-4H2,1H3/t6-/m1/s1. The summed E-state index contributed by atoms with van der Waals surface area (Å²) in [5.41, 5.74) is 1.96. The first kappa shape index (κ1) is 9.22. The van der Waals surface area contributed by atoms with Gasteiger partial charge in [0.2, 0.25) is 0 Å². The molecular weight excluding hydrogens is 204 g/mol. The van der Waals surface area contributed by atoms with Crippen molar-refractivity contribution in [1.29, 1.82) is 0 Å². The summed E-state index contributed by atoms with van der Waals surface area (Å²) in [4.78, 5) is 12.4. The quantitative estimate of drug-likeness (QED) is 0.656. The number of hydrogen-bond donors (Lipinski definition) is 0. The molecule has 0 amide bonds. The van der Waals surface area contributed by atoms with Gasteiger partial charge < -0.3 is 0 Å². The van der Waals surface area contributed by atoms with Crippen molar-refractivity contribution in [2.24, 2.45) is 5.92 Å². The molecule has 0 unspecified atom stereocenters. The van der Waals surface area contributed by atoms with E-state index in [1.54, 1.807) is 11.3 Å². The molecule has 0 bridgehead atoms. The van der Waals surface area contributed by atoms with Crippen molar-refractivity contribution in [2.75, 3.05) is 0 Å². The molecular formula is C10H11ClOS. The Morgan fingerprint density at radius 1 is 1.69 bits per heavy atom. The molecule has 0 fully saturated rings. The lowest BCUT2D eigenvalue weighted by Gasteiger charge is -2.18. The first-order chi connectivity index (χ1) is 6.18. The Bertz CT molecular complexity index is 343. The third kappa shape index (κ3) is 1.65. The smallest absolute Gasteiger partial charge is 0.253 e. The molecule has 1 heterocycles. The molecule has 2 rings (SSSR count). The monoisotopic (exact) mass is 214 g/mol. The summed E-state index contributed by atoms with van der Waals surface area (Å²) in [5, 5.41) is 1.60. The van der Waals surface area contributed by atoms with Gasteiger partial charge in [0, 0.05) is 15.8 Å². The number of thiophene rings is 1. The minimum atomic E-state index is -0.299. The molecule has 0 aromatic carbocycles. The van der Waals surface area contributed by atoms with Crippen LogP contribution in [0.5, 0.6) is 0 Å². The molecule has 1 atom stereocenters. The highest BCUT2D eigenvalue weighted by Crippen LogP contribution is 2.33. The maximum absolute atomic E-state index is 11.0. The highest BCUT2D eigenvalue weighted by Gasteiger charge is 2.21. The average molecular weight is 215 g/mol. The second-order valence-corrected chi connectivity index (χ2v) is 4.98. The number of carbonyl (C=O) groups excluding carboxylic acids is 1. The number of hydrogen-bond acceptors (Lipinski definition) is 2. The summed E-state index contributed by atoms with van der Waals surface area (Å²) < 4.78 is 0. The van der Waals surface area contributed by atoms with E-state index in [1.165, 1.54) is 16.9 Å². The molecule has 1 nitrogen and oxygen atoms in total. The lowest BCUT2D eigenvalue weighted by atomic mass is 9.89. The molecule has 0 N–H and O–H groups in total. The van der Waals surface area contributed by atoms with E-state index in [0.29, 0.717) is 0 Å². The van der Waals surface area contributed by atoms with Gasteiger partial charge in [-0.2, -0.15) is 0 Å². The van der Waals surface area contributed by atoms with E-state index in [1.807, 2.05) is 5.38 Å². The summed E-state index contributed by atoms with van der Waals surface area (Å²) >= 11 is 7.16. The zero-order valence-corrected chi connectivity index (χ0v) is 9.04. The van der Waals surface area contributed by atoms with E-state index in [9.17, 15) is 4.79 Å². The highest BCUT2D eigenvalue weighted by molar-refractivity contribution is 7.10. The van der Waals surface area contributed by atoms with Crippen LogP contribution >= 0.6 is 22.9 Å². The lowest BCUT2D eigenvalue weighted by Crippen LogP contribution is -2.10.